The Morgan fingerprint density at radius 3 is 1.80 bits per heavy atom. The summed E-state index contributed by atoms with van der Waals surface area (Å²) in [6.07, 6.45) is 16.4. The molecule has 5 nitrogen and oxygen atoms in total. The van der Waals surface area contributed by atoms with E-state index in [1.165, 1.54) is 64.2 Å². The topological polar surface area (TPSA) is 58.6 Å². The third-order valence-corrected chi connectivity index (χ3v) is 4.84. The van der Waals surface area contributed by atoms with E-state index in [1.54, 1.807) is 4.90 Å². The van der Waals surface area contributed by atoms with Crippen molar-refractivity contribution in [2.45, 2.75) is 96.8 Å². The van der Waals surface area contributed by atoms with Crippen molar-refractivity contribution in [1.29, 1.82) is 0 Å². The van der Waals surface area contributed by atoms with Crippen molar-refractivity contribution in [3.8, 4) is 0 Å². The molecule has 1 aliphatic heterocycles. The van der Waals surface area contributed by atoms with Crippen LogP contribution in [0.3, 0.4) is 0 Å². The molecule has 146 valence electrons. The van der Waals surface area contributed by atoms with Gasteiger partial charge in [-0.05, 0) is 19.3 Å². The molecule has 1 saturated heterocycles. The van der Waals surface area contributed by atoms with E-state index in [0.717, 1.165) is 25.7 Å². The molecular formula is C20H38N2O3. The molecule has 0 aliphatic carbocycles. The van der Waals surface area contributed by atoms with Crippen molar-refractivity contribution in [3.05, 3.63) is 0 Å². The molecule has 0 spiro atoms. The van der Waals surface area contributed by atoms with Gasteiger partial charge in [0.15, 0.2) is 0 Å². The highest BCUT2D eigenvalue weighted by molar-refractivity contribution is 5.83. The summed E-state index contributed by atoms with van der Waals surface area (Å²) >= 11 is 0. The van der Waals surface area contributed by atoms with Gasteiger partial charge in [0.1, 0.15) is 0 Å². The smallest absolute Gasteiger partial charge is 0.359 e. The van der Waals surface area contributed by atoms with E-state index >= 15 is 0 Å². The molecule has 0 aromatic rings. The van der Waals surface area contributed by atoms with Crippen LogP contribution in [0.25, 0.3) is 0 Å². The average Bonchev–Trinajstić information content (AvgIpc) is 3.13. The molecule has 1 N–H and O–H groups in total. The van der Waals surface area contributed by atoms with E-state index in [-0.39, 0.29) is 0 Å². The molecule has 1 aliphatic rings. The zero-order valence-electron chi connectivity index (χ0n) is 16.2. The Morgan fingerprint density at radius 1 is 0.800 bits per heavy atom. The van der Waals surface area contributed by atoms with Crippen molar-refractivity contribution in [1.82, 2.24) is 10.2 Å². The van der Waals surface area contributed by atoms with Crippen LogP contribution in [0.1, 0.15) is 96.8 Å². The van der Waals surface area contributed by atoms with Gasteiger partial charge in [-0.15, -0.1) is 0 Å². The molecule has 1 heterocycles. The van der Waals surface area contributed by atoms with E-state index in [0.29, 0.717) is 19.6 Å². The van der Waals surface area contributed by atoms with Crippen LogP contribution >= 0.6 is 0 Å². The average molecular weight is 355 g/mol. The maximum Gasteiger partial charge on any atom is 0.418 e. The predicted molar refractivity (Wildman–Crippen MR) is 102 cm³/mol. The van der Waals surface area contributed by atoms with Gasteiger partial charge in [0, 0.05) is 19.6 Å². The van der Waals surface area contributed by atoms with Crippen LogP contribution < -0.4 is 5.32 Å². The maximum atomic E-state index is 11.6. The lowest BCUT2D eigenvalue weighted by molar-refractivity contribution is 0.124. The number of alkyl carbamates (subject to hydrolysis) is 1. The van der Waals surface area contributed by atoms with Crippen LogP contribution in [0, 0.1) is 0 Å². The fourth-order valence-electron chi connectivity index (χ4n) is 3.24. The third kappa shape index (κ3) is 11.8. The lowest BCUT2D eigenvalue weighted by atomic mass is 10.1. The molecule has 0 aromatic carbocycles. The molecule has 0 unspecified atom stereocenters. The summed E-state index contributed by atoms with van der Waals surface area (Å²) in [5.74, 6) is 0. The summed E-state index contributed by atoms with van der Waals surface area (Å²) in [5.41, 5.74) is 0. The van der Waals surface area contributed by atoms with Crippen molar-refractivity contribution < 1.29 is 14.3 Å². The number of nitrogens with zero attached hydrogens (tertiary/aromatic N) is 1. The van der Waals surface area contributed by atoms with Crippen LogP contribution in [0.4, 0.5) is 9.59 Å². The Labute approximate surface area is 153 Å². The fourth-order valence-corrected chi connectivity index (χ4v) is 3.24. The van der Waals surface area contributed by atoms with Gasteiger partial charge < -0.3 is 15.0 Å². The van der Waals surface area contributed by atoms with Gasteiger partial charge in [-0.3, -0.25) is 0 Å². The van der Waals surface area contributed by atoms with Gasteiger partial charge in [0.25, 0.3) is 0 Å². The first-order valence-electron chi connectivity index (χ1n) is 10.5. The Hall–Kier alpha value is -1.26. The number of carbonyl (C=O) groups excluding carboxylic acids is 2. The molecule has 25 heavy (non-hydrogen) atoms. The van der Waals surface area contributed by atoms with Crippen LogP contribution in [0.2, 0.25) is 0 Å². The van der Waals surface area contributed by atoms with E-state index in [9.17, 15) is 9.59 Å². The zero-order valence-corrected chi connectivity index (χ0v) is 16.2. The Kier molecular flexibility index (Phi) is 13.1. The van der Waals surface area contributed by atoms with E-state index in [4.69, 9.17) is 4.74 Å². The molecule has 0 atom stereocenters. The number of ether oxygens (including phenoxy) is 1. The van der Waals surface area contributed by atoms with E-state index < -0.39 is 12.2 Å². The second-order valence-electron chi connectivity index (χ2n) is 7.17. The predicted octanol–water partition coefficient (Wildman–Crippen LogP) is 5.63. The van der Waals surface area contributed by atoms with Crippen molar-refractivity contribution in [2.75, 3.05) is 19.6 Å². The first-order valence-corrected chi connectivity index (χ1v) is 10.5. The molecule has 0 radical (unpaired) electrons. The number of amides is 2. The Bertz CT molecular complexity index is 355. The Morgan fingerprint density at radius 2 is 1.28 bits per heavy atom. The van der Waals surface area contributed by atoms with Crippen LogP contribution in [0.15, 0.2) is 0 Å². The van der Waals surface area contributed by atoms with Gasteiger partial charge in [0.05, 0.1) is 0 Å². The molecule has 0 aromatic heterocycles. The van der Waals surface area contributed by atoms with Crippen LogP contribution in [0.5, 0.6) is 0 Å². The summed E-state index contributed by atoms with van der Waals surface area (Å²) in [4.78, 5) is 24.7. The molecule has 2 amide bonds. The number of nitrogens with one attached hydrogen (secondary N) is 1. The van der Waals surface area contributed by atoms with Crippen molar-refractivity contribution in [2.24, 2.45) is 0 Å². The first-order chi connectivity index (χ1) is 12.2. The van der Waals surface area contributed by atoms with Gasteiger partial charge in [-0.25, -0.2) is 9.59 Å². The molecule has 0 bridgehead atoms. The normalized spacial score (nSPS) is 13.9. The summed E-state index contributed by atoms with van der Waals surface area (Å²) in [6, 6.07) is 0. The number of rotatable bonds is 13. The highest BCUT2D eigenvalue weighted by atomic mass is 16.6. The number of carbonyl (C=O) groups is 2. The minimum absolute atomic E-state index is 0.510. The van der Waals surface area contributed by atoms with Crippen molar-refractivity contribution >= 4 is 12.2 Å². The molecule has 5 heteroatoms. The quantitative estimate of drug-likeness (QED) is 0.344. The summed E-state index contributed by atoms with van der Waals surface area (Å²) in [6.45, 7) is 4.24. The largest absolute Gasteiger partial charge is 0.418 e. The summed E-state index contributed by atoms with van der Waals surface area (Å²) < 4.78 is 4.78. The number of likely N-dealkylation sites (tertiary alicyclic amines) is 1. The molecule has 0 saturated carbocycles. The van der Waals surface area contributed by atoms with Gasteiger partial charge in [-0.1, -0.05) is 77.6 Å². The number of unbranched alkanes of at least 4 members (excludes halogenated alkanes) is 11. The molecule has 1 fully saturated rings. The van der Waals surface area contributed by atoms with Crippen molar-refractivity contribution in [3.63, 3.8) is 0 Å². The number of hydrogen-bond acceptors (Lipinski definition) is 3. The highest BCUT2D eigenvalue weighted by Crippen LogP contribution is 2.12. The summed E-state index contributed by atoms with van der Waals surface area (Å²) in [5, 5.41) is 2.66. The monoisotopic (exact) mass is 354 g/mol. The third-order valence-electron chi connectivity index (χ3n) is 4.84. The standard InChI is InChI=1S/C20H38N2O3/c1-2-3-4-5-6-7-8-9-10-11-12-13-16-21-19(23)25-20(24)22-17-14-15-18-22/h2-18H2,1H3,(H,21,23). The summed E-state index contributed by atoms with van der Waals surface area (Å²) in [7, 11) is 0. The Balaban J connectivity index is 1.80. The first kappa shape index (κ1) is 21.8. The lowest BCUT2D eigenvalue weighted by Crippen LogP contribution is -2.35. The van der Waals surface area contributed by atoms with Crippen LogP contribution in [-0.4, -0.2) is 36.7 Å². The minimum atomic E-state index is -0.611. The molecular weight excluding hydrogens is 316 g/mol. The highest BCUT2D eigenvalue weighted by Gasteiger charge is 2.21. The van der Waals surface area contributed by atoms with Gasteiger partial charge in [-0.2, -0.15) is 0 Å². The fraction of sp³-hybridized carbons (Fsp3) is 0.900. The van der Waals surface area contributed by atoms with Gasteiger partial charge in [0.2, 0.25) is 0 Å². The minimum Gasteiger partial charge on any atom is -0.359 e. The second kappa shape index (κ2) is 15.0. The van der Waals surface area contributed by atoms with E-state index in [2.05, 4.69) is 12.2 Å². The van der Waals surface area contributed by atoms with Gasteiger partial charge >= 0.3 is 12.2 Å². The number of hydrogen-bond donors (Lipinski definition) is 1. The zero-order chi connectivity index (χ0) is 18.2. The SMILES string of the molecule is CCCCCCCCCCCCCCNC(=O)OC(=O)N1CCCC1. The molecule has 1 rings (SSSR count). The van der Waals surface area contributed by atoms with Crippen LogP contribution in [-0.2, 0) is 4.74 Å². The van der Waals surface area contributed by atoms with E-state index in [1.807, 2.05) is 0 Å². The lowest BCUT2D eigenvalue weighted by Gasteiger charge is -2.14. The maximum absolute atomic E-state index is 11.6. The second-order valence-corrected chi connectivity index (χ2v) is 7.17.